The first-order valence-electron chi connectivity index (χ1n) is 12.8. The summed E-state index contributed by atoms with van der Waals surface area (Å²) in [5, 5.41) is 16.2. The Hall–Kier alpha value is -3.48. The van der Waals surface area contributed by atoms with Crippen molar-refractivity contribution in [3.8, 4) is 11.8 Å². The van der Waals surface area contributed by atoms with Gasteiger partial charge in [0.25, 0.3) is 5.91 Å². The van der Waals surface area contributed by atoms with E-state index in [9.17, 15) is 4.79 Å². The Morgan fingerprint density at radius 1 is 1.18 bits per heavy atom. The number of amides is 1. The van der Waals surface area contributed by atoms with Crippen LogP contribution in [0, 0.1) is 24.7 Å². The Labute approximate surface area is 227 Å². The number of fused-ring (bicyclic) bond motifs is 1. The van der Waals surface area contributed by atoms with E-state index in [1.807, 2.05) is 37.3 Å². The van der Waals surface area contributed by atoms with Crippen molar-refractivity contribution in [1.82, 2.24) is 29.7 Å². The third kappa shape index (κ3) is 6.14. The van der Waals surface area contributed by atoms with E-state index in [4.69, 9.17) is 16.7 Å². The average Bonchev–Trinajstić information content (AvgIpc) is 3.34. The van der Waals surface area contributed by atoms with Crippen molar-refractivity contribution >= 4 is 23.2 Å². The number of hydrogen-bond acceptors (Lipinski definition) is 6. The SMILES string of the molecule is Cc1ccc(C(=O)NC2=CC(Cl)C(CN3CCN(CCO)CC3)C=C2)cc1C#Cc1cnc2cccnn12. The van der Waals surface area contributed by atoms with Crippen molar-refractivity contribution in [2.75, 3.05) is 45.9 Å². The summed E-state index contributed by atoms with van der Waals surface area (Å²) in [4.78, 5) is 22.0. The van der Waals surface area contributed by atoms with Gasteiger partial charge in [0.1, 0.15) is 5.69 Å². The normalized spacial score (nSPS) is 20.1. The number of aryl methyl sites for hydroxylation is 1. The number of carbonyl (C=O) groups is 1. The lowest BCUT2D eigenvalue weighted by Gasteiger charge is -2.36. The predicted molar refractivity (Wildman–Crippen MR) is 148 cm³/mol. The van der Waals surface area contributed by atoms with Crippen molar-refractivity contribution < 1.29 is 9.90 Å². The van der Waals surface area contributed by atoms with Crippen molar-refractivity contribution in [3.63, 3.8) is 0 Å². The molecule has 0 spiro atoms. The van der Waals surface area contributed by atoms with Crippen LogP contribution < -0.4 is 5.32 Å². The second kappa shape index (κ2) is 11.9. The third-order valence-corrected chi connectivity index (χ3v) is 7.43. The van der Waals surface area contributed by atoms with Gasteiger partial charge < -0.3 is 15.3 Å². The Morgan fingerprint density at radius 2 is 2.00 bits per heavy atom. The number of rotatable bonds is 6. The van der Waals surface area contributed by atoms with Crippen LogP contribution in [0.15, 0.2) is 66.7 Å². The molecule has 1 amide bonds. The molecule has 1 aromatic carbocycles. The Kier molecular flexibility index (Phi) is 8.20. The fourth-order valence-corrected chi connectivity index (χ4v) is 5.01. The van der Waals surface area contributed by atoms with E-state index in [0.717, 1.165) is 56.0 Å². The van der Waals surface area contributed by atoms with Crippen LogP contribution in [0.2, 0.25) is 0 Å². The van der Waals surface area contributed by atoms with Crippen LogP contribution in [0.5, 0.6) is 0 Å². The molecule has 38 heavy (non-hydrogen) atoms. The van der Waals surface area contributed by atoms with E-state index in [1.54, 1.807) is 29.0 Å². The van der Waals surface area contributed by atoms with E-state index in [2.05, 4.69) is 43.1 Å². The number of carbonyl (C=O) groups excluding carboxylic acids is 1. The lowest BCUT2D eigenvalue weighted by molar-refractivity contribution is 0.0966. The van der Waals surface area contributed by atoms with Crippen molar-refractivity contribution in [3.05, 3.63) is 89.0 Å². The van der Waals surface area contributed by atoms with Crippen LogP contribution in [-0.4, -0.2) is 86.7 Å². The van der Waals surface area contributed by atoms with Crippen LogP contribution >= 0.6 is 11.6 Å². The summed E-state index contributed by atoms with van der Waals surface area (Å²) in [6, 6.07) is 9.21. The molecule has 1 aliphatic carbocycles. The zero-order valence-corrected chi connectivity index (χ0v) is 22.1. The lowest BCUT2D eigenvalue weighted by atomic mass is 9.97. The van der Waals surface area contributed by atoms with Crippen molar-refractivity contribution in [2.45, 2.75) is 12.3 Å². The Bertz CT molecular complexity index is 1430. The molecule has 2 aromatic heterocycles. The van der Waals surface area contributed by atoms with E-state index in [1.165, 1.54) is 0 Å². The maximum atomic E-state index is 13.0. The zero-order valence-electron chi connectivity index (χ0n) is 21.3. The van der Waals surface area contributed by atoms with Gasteiger partial charge in [-0.25, -0.2) is 9.50 Å². The smallest absolute Gasteiger partial charge is 0.255 e. The minimum Gasteiger partial charge on any atom is -0.395 e. The first-order chi connectivity index (χ1) is 18.5. The molecule has 2 N–H and O–H groups in total. The van der Waals surface area contributed by atoms with Gasteiger partial charge in [-0.3, -0.25) is 9.69 Å². The van der Waals surface area contributed by atoms with E-state index < -0.39 is 0 Å². The topological polar surface area (TPSA) is 86.0 Å². The number of imidazole rings is 1. The molecule has 2 unspecified atom stereocenters. The van der Waals surface area contributed by atoms with Crippen molar-refractivity contribution in [1.29, 1.82) is 0 Å². The average molecular weight is 531 g/mol. The summed E-state index contributed by atoms with van der Waals surface area (Å²) >= 11 is 6.70. The number of aliphatic hydroxyl groups is 1. The van der Waals surface area contributed by atoms with Gasteiger partial charge in [0.15, 0.2) is 5.65 Å². The molecule has 1 saturated heterocycles. The van der Waals surface area contributed by atoms with Crippen LogP contribution in [0.1, 0.15) is 27.2 Å². The number of nitrogens with one attached hydrogen (secondary N) is 1. The number of aliphatic hydroxyl groups excluding tert-OH is 1. The molecule has 3 aromatic rings. The molecule has 2 aliphatic rings. The van der Waals surface area contributed by atoms with Gasteiger partial charge >= 0.3 is 0 Å². The number of benzene rings is 1. The number of alkyl halides is 1. The molecule has 9 heteroatoms. The molecule has 8 nitrogen and oxygen atoms in total. The maximum Gasteiger partial charge on any atom is 0.255 e. The van der Waals surface area contributed by atoms with Crippen molar-refractivity contribution in [2.24, 2.45) is 5.92 Å². The number of halogens is 1. The summed E-state index contributed by atoms with van der Waals surface area (Å²) < 4.78 is 1.69. The first-order valence-corrected chi connectivity index (χ1v) is 13.3. The van der Waals surface area contributed by atoms with E-state index in [0.29, 0.717) is 17.0 Å². The van der Waals surface area contributed by atoms with Gasteiger partial charge in [0.05, 0.1) is 18.2 Å². The summed E-state index contributed by atoms with van der Waals surface area (Å²) in [6.45, 7) is 7.62. The molecule has 196 valence electrons. The zero-order chi connectivity index (χ0) is 26.5. The molecule has 0 bridgehead atoms. The highest BCUT2D eigenvalue weighted by molar-refractivity contribution is 6.22. The highest BCUT2D eigenvalue weighted by Gasteiger charge is 2.24. The van der Waals surface area contributed by atoms with Crippen LogP contribution in [0.25, 0.3) is 5.65 Å². The second-order valence-electron chi connectivity index (χ2n) is 9.63. The number of β-amino-alcohol motifs (C(OH)–C–C–N with tert-alkyl or cyclic N) is 1. The molecule has 0 saturated carbocycles. The highest BCUT2D eigenvalue weighted by Crippen LogP contribution is 2.23. The van der Waals surface area contributed by atoms with Gasteiger partial charge in [0, 0.05) is 68.2 Å². The number of nitrogens with zero attached hydrogens (tertiary/aromatic N) is 5. The molecular weight excluding hydrogens is 500 g/mol. The molecule has 0 radical (unpaired) electrons. The number of hydrogen-bond donors (Lipinski definition) is 2. The van der Waals surface area contributed by atoms with Gasteiger partial charge in [-0.15, -0.1) is 11.6 Å². The molecule has 3 heterocycles. The Morgan fingerprint density at radius 3 is 2.79 bits per heavy atom. The summed E-state index contributed by atoms with van der Waals surface area (Å²) in [6.07, 6.45) is 9.33. The van der Waals surface area contributed by atoms with E-state index >= 15 is 0 Å². The summed E-state index contributed by atoms with van der Waals surface area (Å²) in [7, 11) is 0. The monoisotopic (exact) mass is 530 g/mol. The highest BCUT2D eigenvalue weighted by atomic mass is 35.5. The van der Waals surface area contributed by atoms with Crippen LogP contribution in [0.4, 0.5) is 0 Å². The van der Waals surface area contributed by atoms with E-state index in [-0.39, 0.29) is 23.8 Å². The molecule has 5 rings (SSSR count). The minimum atomic E-state index is -0.206. The second-order valence-corrected chi connectivity index (χ2v) is 10.1. The minimum absolute atomic E-state index is 0.178. The van der Waals surface area contributed by atoms with Gasteiger partial charge in [-0.2, -0.15) is 5.10 Å². The predicted octanol–water partition coefficient (Wildman–Crippen LogP) is 2.45. The number of aromatic nitrogens is 3. The quantitative estimate of drug-likeness (QED) is 0.376. The van der Waals surface area contributed by atoms with Gasteiger partial charge in [0.2, 0.25) is 0 Å². The molecular formula is C29H31ClN6O2. The molecule has 2 atom stereocenters. The molecule has 1 fully saturated rings. The number of piperazine rings is 1. The maximum absolute atomic E-state index is 13.0. The fraction of sp³-hybridized carbons (Fsp3) is 0.345. The van der Waals surface area contributed by atoms with Gasteiger partial charge in [-0.1, -0.05) is 18.1 Å². The fourth-order valence-electron chi connectivity index (χ4n) is 4.71. The largest absolute Gasteiger partial charge is 0.395 e. The first kappa shape index (κ1) is 26.1. The molecule has 1 aliphatic heterocycles. The Balaban J connectivity index is 1.21. The standard InChI is InChI=1S/C29H31ClN6O2/c1-21-4-5-23(17-22(21)7-9-26-19-31-28-3-2-10-32-36(26)28)29(38)33-25-8-6-24(27(30)18-25)20-35-13-11-34(12-14-35)15-16-37/h2-6,8,10,17-19,24,27,37H,11-16,20H2,1H3,(H,33,38). The lowest BCUT2D eigenvalue weighted by Crippen LogP contribution is -2.49. The van der Waals surface area contributed by atoms with Crippen LogP contribution in [-0.2, 0) is 0 Å². The summed E-state index contributed by atoms with van der Waals surface area (Å²) in [5.41, 5.74) is 4.39. The van der Waals surface area contributed by atoms with Gasteiger partial charge in [-0.05, 0) is 54.8 Å². The van der Waals surface area contributed by atoms with Crippen LogP contribution in [0.3, 0.4) is 0 Å². The third-order valence-electron chi connectivity index (χ3n) is 6.98. The number of allylic oxidation sites excluding steroid dienone is 2. The summed E-state index contributed by atoms with van der Waals surface area (Å²) in [5.74, 6) is 6.26.